The third-order valence-electron chi connectivity index (χ3n) is 3.22. The number of carbonyl (C=O) groups is 1. The first kappa shape index (κ1) is 13.0. The van der Waals surface area contributed by atoms with E-state index < -0.39 is 5.97 Å². The second kappa shape index (κ2) is 5.92. The van der Waals surface area contributed by atoms with Crippen molar-refractivity contribution in [3.63, 3.8) is 0 Å². The SMILES string of the molecule is O=C(O)c1cn(CCNCC2CCC(O)C2)nn1. The van der Waals surface area contributed by atoms with Crippen LogP contribution in [-0.2, 0) is 6.54 Å². The molecule has 7 nitrogen and oxygen atoms in total. The minimum absolute atomic E-state index is 0.0334. The Bertz CT molecular complexity index is 407. The molecule has 0 aliphatic heterocycles. The number of aliphatic hydroxyl groups is 1. The van der Waals surface area contributed by atoms with Gasteiger partial charge in [-0.1, -0.05) is 5.21 Å². The van der Waals surface area contributed by atoms with Crippen LogP contribution in [0.3, 0.4) is 0 Å². The summed E-state index contributed by atoms with van der Waals surface area (Å²) in [5.74, 6) is -0.514. The Morgan fingerprint density at radius 1 is 1.56 bits per heavy atom. The molecule has 0 spiro atoms. The highest BCUT2D eigenvalue weighted by Gasteiger charge is 2.21. The number of aromatic nitrogens is 3. The number of nitrogens with zero attached hydrogens (tertiary/aromatic N) is 3. The molecule has 1 fully saturated rings. The van der Waals surface area contributed by atoms with Crippen LogP contribution in [-0.4, -0.2) is 50.4 Å². The average Bonchev–Trinajstić information content (AvgIpc) is 2.93. The van der Waals surface area contributed by atoms with E-state index in [1.165, 1.54) is 10.9 Å². The molecule has 1 aliphatic carbocycles. The molecule has 1 aromatic heterocycles. The lowest BCUT2D eigenvalue weighted by Gasteiger charge is -2.10. The van der Waals surface area contributed by atoms with Crippen molar-refractivity contribution in [2.24, 2.45) is 5.92 Å². The van der Waals surface area contributed by atoms with Crippen LogP contribution < -0.4 is 5.32 Å². The van der Waals surface area contributed by atoms with Crippen LogP contribution in [0.15, 0.2) is 6.20 Å². The minimum Gasteiger partial charge on any atom is -0.476 e. The fourth-order valence-electron chi connectivity index (χ4n) is 2.24. The lowest BCUT2D eigenvalue weighted by molar-refractivity contribution is 0.0690. The van der Waals surface area contributed by atoms with Gasteiger partial charge in [-0.3, -0.25) is 4.68 Å². The molecule has 0 saturated heterocycles. The smallest absolute Gasteiger partial charge is 0.358 e. The summed E-state index contributed by atoms with van der Waals surface area (Å²) in [7, 11) is 0. The van der Waals surface area contributed by atoms with Gasteiger partial charge in [0.2, 0.25) is 0 Å². The number of hydrogen-bond acceptors (Lipinski definition) is 5. The number of nitrogens with one attached hydrogen (secondary N) is 1. The molecule has 0 radical (unpaired) electrons. The van der Waals surface area contributed by atoms with E-state index in [-0.39, 0.29) is 11.8 Å². The maximum Gasteiger partial charge on any atom is 0.358 e. The van der Waals surface area contributed by atoms with Gasteiger partial charge in [0.05, 0.1) is 18.8 Å². The van der Waals surface area contributed by atoms with Gasteiger partial charge in [-0.25, -0.2) is 4.79 Å². The van der Waals surface area contributed by atoms with Gasteiger partial charge in [-0.2, -0.15) is 0 Å². The molecule has 0 aromatic carbocycles. The standard InChI is InChI=1S/C11H18N4O3/c16-9-2-1-8(5-9)6-12-3-4-15-7-10(11(17)18)13-14-15/h7-9,12,16H,1-6H2,(H,17,18). The Kier molecular flexibility index (Phi) is 4.27. The van der Waals surface area contributed by atoms with Crippen LogP contribution >= 0.6 is 0 Å². The fraction of sp³-hybridized carbons (Fsp3) is 0.727. The van der Waals surface area contributed by atoms with Crippen LogP contribution in [0.25, 0.3) is 0 Å². The van der Waals surface area contributed by atoms with Gasteiger partial charge in [0.25, 0.3) is 0 Å². The summed E-state index contributed by atoms with van der Waals surface area (Å²) in [6.45, 7) is 2.20. The molecule has 0 amide bonds. The Balaban J connectivity index is 1.64. The predicted molar refractivity (Wildman–Crippen MR) is 63.2 cm³/mol. The molecular formula is C11H18N4O3. The van der Waals surface area contributed by atoms with Crippen molar-refractivity contribution >= 4 is 5.97 Å². The van der Waals surface area contributed by atoms with Crippen molar-refractivity contribution in [3.05, 3.63) is 11.9 Å². The van der Waals surface area contributed by atoms with Crippen molar-refractivity contribution < 1.29 is 15.0 Å². The van der Waals surface area contributed by atoms with E-state index in [0.29, 0.717) is 12.5 Å². The van der Waals surface area contributed by atoms with Crippen LogP contribution in [0.1, 0.15) is 29.8 Å². The highest BCUT2D eigenvalue weighted by molar-refractivity contribution is 5.84. The van der Waals surface area contributed by atoms with Crippen LogP contribution in [0.5, 0.6) is 0 Å². The Morgan fingerprint density at radius 3 is 3.00 bits per heavy atom. The Morgan fingerprint density at radius 2 is 2.39 bits per heavy atom. The highest BCUT2D eigenvalue weighted by Crippen LogP contribution is 2.24. The first-order valence-electron chi connectivity index (χ1n) is 6.17. The normalized spacial score (nSPS) is 23.4. The molecule has 1 heterocycles. The third-order valence-corrected chi connectivity index (χ3v) is 3.22. The summed E-state index contributed by atoms with van der Waals surface area (Å²) in [4.78, 5) is 10.6. The zero-order valence-corrected chi connectivity index (χ0v) is 10.1. The van der Waals surface area contributed by atoms with Crippen molar-refractivity contribution in [2.75, 3.05) is 13.1 Å². The topological polar surface area (TPSA) is 100 Å². The molecule has 1 saturated carbocycles. The summed E-state index contributed by atoms with van der Waals surface area (Å²) in [6, 6.07) is 0. The Hall–Kier alpha value is -1.47. The number of aliphatic hydroxyl groups excluding tert-OH is 1. The lowest BCUT2D eigenvalue weighted by atomic mass is 10.1. The van der Waals surface area contributed by atoms with E-state index in [1.54, 1.807) is 0 Å². The van der Waals surface area contributed by atoms with E-state index in [4.69, 9.17) is 5.11 Å². The molecule has 18 heavy (non-hydrogen) atoms. The van der Waals surface area contributed by atoms with Crippen LogP contribution in [0.2, 0.25) is 0 Å². The first-order valence-corrected chi connectivity index (χ1v) is 6.17. The number of aromatic carboxylic acids is 1. The van der Waals surface area contributed by atoms with E-state index in [9.17, 15) is 9.90 Å². The molecule has 7 heteroatoms. The molecule has 0 bridgehead atoms. The van der Waals surface area contributed by atoms with Crippen molar-refractivity contribution in [2.45, 2.75) is 31.9 Å². The first-order chi connectivity index (χ1) is 8.65. The average molecular weight is 254 g/mol. The van der Waals surface area contributed by atoms with Gasteiger partial charge in [0, 0.05) is 6.54 Å². The number of rotatable bonds is 6. The summed E-state index contributed by atoms with van der Waals surface area (Å²) >= 11 is 0. The minimum atomic E-state index is -1.06. The van der Waals surface area contributed by atoms with Gasteiger partial charge in [-0.05, 0) is 31.7 Å². The van der Waals surface area contributed by atoms with Crippen molar-refractivity contribution in [3.8, 4) is 0 Å². The van der Waals surface area contributed by atoms with E-state index in [2.05, 4.69) is 15.6 Å². The molecular weight excluding hydrogens is 236 g/mol. The fourth-order valence-corrected chi connectivity index (χ4v) is 2.24. The zero-order chi connectivity index (χ0) is 13.0. The largest absolute Gasteiger partial charge is 0.476 e. The molecule has 2 unspecified atom stereocenters. The van der Waals surface area contributed by atoms with E-state index in [1.807, 2.05) is 0 Å². The molecule has 2 atom stereocenters. The van der Waals surface area contributed by atoms with E-state index in [0.717, 1.165) is 32.4 Å². The third kappa shape index (κ3) is 3.51. The van der Waals surface area contributed by atoms with Gasteiger partial charge >= 0.3 is 5.97 Å². The summed E-state index contributed by atoms with van der Waals surface area (Å²) < 4.78 is 1.51. The summed E-state index contributed by atoms with van der Waals surface area (Å²) in [5, 5.41) is 28.6. The predicted octanol–water partition coefficient (Wildman–Crippen LogP) is -0.273. The number of carboxylic acids is 1. The maximum absolute atomic E-state index is 10.6. The number of hydrogen-bond donors (Lipinski definition) is 3. The second-order valence-electron chi connectivity index (χ2n) is 4.71. The monoisotopic (exact) mass is 254 g/mol. The van der Waals surface area contributed by atoms with Gasteiger partial charge in [0.1, 0.15) is 0 Å². The van der Waals surface area contributed by atoms with Crippen LogP contribution in [0, 0.1) is 5.92 Å². The summed E-state index contributed by atoms with van der Waals surface area (Å²) in [5.41, 5.74) is -0.0334. The molecule has 1 aliphatic rings. The molecule has 3 N–H and O–H groups in total. The number of carboxylic acid groups (broad SMARTS) is 1. The lowest BCUT2D eigenvalue weighted by Crippen LogP contribution is -2.25. The molecule has 100 valence electrons. The van der Waals surface area contributed by atoms with Gasteiger partial charge in [-0.15, -0.1) is 5.10 Å². The van der Waals surface area contributed by atoms with E-state index >= 15 is 0 Å². The molecule has 2 rings (SSSR count). The zero-order valence-electron chi connectivity index (χ0n) is 10.1. The highest BCUT2D eigenvalue weighted by atomic mass is 16.4. The quantitative estimate of drug-likeness (QED) is 0.604. The second-order valence-corrected chi connectivity index (χ2v) is 4.71. The van der Waals surface area contributed by atoms with Crippen LogP contribution in [0.4, 0.5) is 0 Å². The van der Waals surface area contributed by atoms with Gasteiger partial charge < -0.3 is 15.5 Å². The van der Waals surface area contributed by atoms with Crippen molar-refractivity contribution in [1.29, 1.82) is 0 Å². The summed E-state index contributed by atoms with van der Waals surface area (Å²) in [6.07, 6.45) is 4.13. The maximum atomic E-state index is 10.6. The Labute approximate surface area is 105 Å². The molecule has 1 aromatic rings. The van der Waals surface area contributed by atoms with Gasteiger partial charge in [0.15, 0.2) is 5.69 Å². The van der Waals surface area contributed by atoms with Crippen molar-refractivity contribution in [1.82, 2.24) is 20.3 Å².